The zero-order valence-electron chi connectivity index (χ0n) is 14.2. The van der Waals surface area contributed by atoms with Crippen molar-refractivity contribution in [2.24, 2.45) is 0 Å². The second-order valence-corrected chi connectivity index (χ2v) is 7.25. The zero-order valence-corrected chi connectivity index (χ0v) is 15.0. The van der Waals surface area contributed by atoms with E-state index < -0.39 is 17.5 Å². The van der Waals surface area contributed by atoms with Crippen molar-refractivity contribution in [1.82, 2.24) is 4.90 Å². The molecule has 1 saturated heterocycles. The number of carboxylic acid groups (broad SMARTS) is 2. The van der Waals surface area contributed by atoms with Crippen LogP contribution in [0.3, 0.4) is 0 Å². The lowest BCUT2D eigenvalue weighted by Crippen LogP contribution is -2.53. The summed E-state index contributed by atoms with van der Waals surface area (Å²) in [5, 5.41) is 30.5. The molecule has 0 atom stereocenters. The lowest BCUT2D eigenvalue weighted by atomic mass is 9.64. The summed E-state index contributed by atoms with van der Waals surface area (Å²) in [7, 11) is 2.15. The molecule has 0 bridgehead atoms. The first-order valence-electron chi connectivity index (χ1n) is 7.66. The van der Waals surface area contributed by atoms with Crippen LogP contribution in [0.15, 0.2) is 29.0 Å². The number of thiophene rings is 1. The Morgan fingerprint density at radius 2 is 1.71 bits per heavy atom. The number of carbonyl (C=O) groups is 2. The van der Waals surface area contributed by atoms with Crippen LogP contribution in [0.2, 0.25) is 0 Å². The van der Waals surface area contributed by atoms with Crippen molar-refractivity contribution in [2.75, 3.05) is 20.1 Å². The van der Waals surface area contributed by atoms with Crippen molar-refractivity contribution in [3.05, 3.63) is 34.5 Å². The maximum absolute atomic E-state index is 10.5. The van der Waals surface area contributed by atoms with Gasteiger partial charge in [-0.05, 0) is 69.2 Å². The van der Waals surface area contributed by atoms with Gasteiger partial charge in [-0.15, -0.1) is 0 Å². The molecule has 7 heteroatoms. The Bertz CT molecular complexity index is 550. The highest BCUT2D eigenvalue weighted by Crippen LogP contribution is 2.44. The molecule has 134 valence electrons. The van der Waals surface area contributed by atoms with Crippen molar-refractivity contribution in [2.45, 2.75) is 37.7 Å². The molecule has 0 saturated carbocycles. The average molecular weight is 355 g/mol. The van der Waals surface area contributed by atoms with Gasteiger partial charge in [-0.25, -0.2) is 9.59 Å². The average Bonchev–Trinajstić information content (AvgIpc) is 3.00. The first-order valence-corrected chi connectivity index (χ1v) is 8.60. The van der Waals surface area contributed by atoms with E-state index in [1.165, 1.54) is 5.56 Å². The quantitative estimate of drug-likeness (QED) is 0.716. The number of hydrogen-bond donors (Lipinski definition) is 3. The molecule has 0 spiro atoms. The molecule has 2 rings (SSSR count). The molecule has 1 aromatic heterocycles. The van der Waals surface area contributed by atoms with Gasteiger partial charge in [0, 0.05) is 17.6 Å². The van der Waals surface area contributed by atoms with Crippen molar-refractivity contribution in [3.8, 4) is 0 Å². The van der Waals surface area contributed by atoms with E-state index >= 15 is 0 Å². The molecule has 0 unspecified atom stereocenters. The fourth-order valence-electron chi connectivity index (χ4n) is 2.93. The molecule has 6 nitrogen and oxygen atoms in total. The second kappa shape index (κ2) is 8.41. The summed E-state index contributed by atoms with van der Waals surface area (Å²) in [6, 6.07) is 2.17. The van der Waals surface area contributed by atoms with E-state index in [0.29, 0.717) is 12.2 Å². The minimum absolute atomic E-state index is 0.0560. The predicted octanol–water partition coefficient (Wildman–Crippen LogP) is 2.19. The first kappa shape index (κ1) is 20.3. The Morgan fingerprint density at radius 1 is 1.21 bits per heavy atom. The van der Waals surface area contributed by atoms with E-state index in [2.05, 4.69) is 28.8 Å². The van der Waals surface area contributed by atoms with Gasteiger partial charge in [-0.3, -0.25) is 0 Å². The summed E-state index contributed by atoms with van der Waals surface area (Å²) in [5.41, 5.74) is 0.618. The number of hydrogen-bond acceptors (Lipinski definition) is 5. The lowest BCUT2D eigenvalue weighted by Gasteiger charge is -2.48. The van der Waals surface area contributed by atoms with Crippen LogP contribution in [0.5, 0.6) is 0 Å². The van der Waals surface area contributed by atoms with Crippen LogP contribution in [0.25, 0.3) is 0 Å². The van der Waals surface area contributed by atoms with Crippen molar-refractivity contribution in [1.29, 1.82) is 0 Å². The number of aliphatic carboxylic acids is 2. The van der Waals surface area contributed by atoms with Crippen LogP contribution in [-0.2, 0) is 15.0 Å². The summed E-state index contributed by atoms with van der Waals surface area (Å²) < 4.78 is 0. The molecule has 3 N–H and O–H groups in total. The normalized spacial score (nSPS) is 18.0. The van der Waals surface area contributed by atoms with E-state index in [0.717, 1.165) is 25.9 Å². The smallest absolute Gasteiger partial charge is 0.328 e. The summed E-state index contributed by atoms with van der Waals surface area (Å²) in [4.78, 5) is 21.5. The molecule has 0 aliphatic carbocycles. The molecular formula is C17H25NO5S. The number of piperidine rings is 1. The van der Waals surface area contributed by atoms with Crippen LogP contribution in [-0.4, -0.2) is 57.9 Å². The minimum Gasteiger partial charge on any atom is -0.478 e. The lowest BCUT2D eigenvalue weighted by molar-refractivity contribution is -0.134. The van der Waals surface area contributed by atoms with Gasteiger partial charge < -0.3 is 20.2 Å². The summed E-state index contributed by atoms with van der Waals surface area (Å²) in [6.07, 6.45) is 3.21. The first-order chi connectivity index (χ1) is 11.1. The largest absolute Gasteiger partial charge is 0.478 e. The van der Waals surface area contributed by atoms with Gasteiger partial charge in [0.25, 0.3) is 0 Å². The van der Waals surface area contributed by atoms with Crippen LogP contribution >= 0.6 is 11.3 Å². The number of aliphatic hydroxyl groups is 1. The van der Waals surface area contributed by atoms with Crippen molar-refractivity contribution in [3.63, 3.8) is 0 Å². The minimum atomic E-state index is -1.26. The number of likely N-dealkylation sites (tertiary alicyclic amines) is 1. The van der Waals surface area contributed by atoms with Gasteiger partial charge in [0.1, 0.15) is 0 Å². The molecule has 0 aromatic carbocycles. The Labute approximate surface area is 146 Å². The third-order valence-corrected chi connectivity index (χ3v) is 5.14. The zero-order chi connectivity index (χ0) is 18.4. The SMILES string of the molecule is CN1CCC(c2ccsc2)(C(C)(C)O)CC1.O=C(O)/C=C/C(=O)O. The van der Waals surface area contributed by atoms with Gasteiger partial charge in [0.2, 0.25) is 0 Å². The predicted molar refractivity (Wildman–Crippen MR) is 93.4 cm³/mol. The summed E-state index contributed by atoms with van der Waals surface area (Å²) in [6.45, 7) is 6.05. The molecule has 2 heterocycles. The molecule has 1 aromatic rings. The van der Waals surface area contributed by atoms with Gasteiger partial charge in [-0.1, -0.05) is 0 Å². The van der Waals surface area contributed by atoms with Crippen LogP contribution in [0, 0.1) is 0 Å². The van der Waals surface area contributed by atoms with E-state index in [1.54, 1.807) is 11.3 Å². The Kier molecular flexibility index (Phi) is 7.13. The Hall–Kier alpha value is -1.70. The van der Waals surface area contributed by atoms with Crippen LogP contribution in [0.1, 0.15) is 32.3 Å². The van der Waals surface area contributed by atoms with Crippen molar-refractivity contribution < 1.29 is 24.9 Å². The van der Waals surface area contributed by atoms with Crippen LogP contribution in [0.4, 0.5) is 0 Å². The van der Waals surface area contributed by atoms with Crippen molar-refractivity contribution >= 4 is 23.3 Å². The van der Waals surface area contributed by atoms with Gasteiger partial charge in [0.15, 0.2) is 0 Å². The highest BCUT2D eigenvalue weighted by atomic mass is 32.1. The molecule has 24 heavy (non-hydrogen) atoms. The highest BCUT2D eigenvalue weighted by molar-refractivity contribution is 7.08. The maximum atomic E-state index is 10.5. The highest BCUT2D eigenvalue weighted by Gasteiger charge is 2.46. The number of nitrogens with zero attached hydrogens (tertiary/aromatic N) is 1. The standard InChI is InChI=1S/C13H21NOS.C4H4O4/c1-12(2,15)13(11-4-9-16-10-11)5-7-14(3)8-6-13;5-3(6)1-2-4(7)8/h4,9-10,15H,5-8H2,1-3H3;1-2H,(H,5,6)(H,7,8)/b;2-1+. The molecule has 0 amide bonds. The topological polar surface area (TPSA) is 98.1 Å². The molecule has 1 fully saturated rings. The van der Waals surface area contributed by atoms with E-state index in [1.807, 2.05) is 13.8 Å². The maximum Gasteiger partial charge on any atom is 0.328 e. The summed E-state index contributed by atoms with van der Waals surface area (Å²) in [5.74, 6) is -2.51. The van der Waals surface area contributed by atoms with Crippen LogP contribution < -0.4 is 0 Å². The van der Waals surface area contributed by atoms with Gasteiger partial charge >= 0.3 is 11.9 Å². The Balaban J connectivity index is 0.000000307. The summed E-state index contributed by atoms with van der Waals surface area (Å²) >= 11 is 1.72. The second-order valence-electron chi connectivity index (χ2n) is 6.47. The van der Waals surface area contributed by atoms with Gasteiger partial charge in [0.05, 0.1) is 5.60 Å². The molecular weight excluding hydrogens is 330 g/mol. The Morgan fingerprint density at radius 3 is 2.04 bits per heavy atom. The monoisotopic (exact) mass is 355 g/mol. The molecule has 1 aliphatic heterocycles. The number of rotatable bonds is 4. The van der Waals surface area contributed by atoms with E-state index in [4.69, 9.17) is 10.2 Å². The van der Waals surface area contributed by atoms with E-state index in [-0.39, 0.29) is 5.41 Å². The fraction of sp³-hybridized carbons (Fsp3) is 0.529. The molecule has 1 aliphatic rings. The fourth-order valence-corrected chi connectivity index (χ4v) is 3.69. The third-order valence-electron chi connectivity index (χ3n) is 4.45. The number of carboxylic acids is 2. The van der Waals surface area contributed by atoms with Gasteiger partial charge in [-0.2, -0.15) is 11.3 Å². The van der Waals surface area contributed by atoms with E-state index in [9.17, 15) is 14.7 Å². The molecule has 0 radical (unpaired) electrons. The third kappa shape index (κ3) is 5.43.